The van der Waals surface area contributed by atoms with Crippen LogP contribution in [-0.4, -0.2) is 30.8 Å². The van der Waals surface area contributed by atoms with E-state index in [0.29, 0.717) is 24.1 Å². The van der Waals surface area contributed by atoms with Gasteiger partial charge in [0, 0.05) is 18.0 Å². The lowest BCUT2D eigenvalue weighted by Crippen LogP contribution is -2.34. The predicted molar refractivity (Wildman–Crippen MR) is 82.0 cm³/mol. The first kappa shape index (κ1) is 18.2. The van der Waals surface area contributed by atoms with E-state index < -0.39 is 12.7 Å². The number of nitrogens with one attached hydrogen (secondary N) is 1. The third-order valence-corrected chi connectivity index (χ3v) is 4.12. The van der Waals surface area contributed by atoms with Crippen molar-refractivity contribution in [2.45, 2.75) is 46.8 Å². The van der Waals surface area contributed by atoms with E-state index in [4.69, 9.17) is 0 Å². The average Bonchev–Trinajstić information content (AvgIpc) is 2.77. The predicted octanol–water partition coefficient (Wildman–Crippen LogP) is 3.84. The molecule has 0 fully saturated rings. The average molecular weight is 323 g/mol. The fourth-order valence-corrected chi connectivity index (χ4v) is 3.11. The largest absolute Gasteiger partial charge is 0.406 e. The highest BCUT2D eigenvalue weighted by atomic mass is 32.1. The number of hydrogen-bond donors (Lipinski definition) is 1. The molecule has 1 N–H and O–H groups in total. The van der Waals surface area contributed by atoms with Gasteiger partial charge in [0.25, 0.3) is 0 Å². The molecule has 0 aliphatic carbocycles. The van der Waals surface area contributed by atoms with Gasteiger partial charge in [-0.05, 0) is 25.8 Å². The summed E-state index contributed by atoms with van der Waals surface area (Å²) in [6.45, 7) is 8.84. The molecule has 1 heterocycles. The van der Waals surface area contributed by atoms with Crippen LogP contribution in [0.1, 0.15) is 38.3 Å². The molecule has 0 atom stereocenters. The van der Waals surface area contributed by atoms with E-state index in [0.717, 1.165) is 23.5 Å². The fourth-order valence-electron chi connectivity index (χ4n) is 1.92. The Balaban J connectivity index is 2.81. The minimum Gasteiger partial charge on any atom is -0.339 e. The van der Waals surface area contributed by atoms with Crippen LogP contribution in [0.15, 0.2) is 0 Å². The van der Waals surface area contributed by atoms with E-state index >= 15 is 0 Å². The fraction of sp³-hybridized carbons (Fsp3) is 0.786. The van der Waals surface area contributed by atoms with Crippen molar-refractivity contribution in [3.63, 3.8) is 0 Å². The van der Waals surface area contributed by atoms with Crippen LogP contribution in [0.5, 0.6) is 0 Å². The van der Waals surface area contributed by atoms with Gasteiger partial charge < -0.3 is 10.2 Å². The lowest BCUT2D eigenvalue weighted by Gasteiger charge is -2.21. The molecule has 0 saturated heterocycles. The molecule has 0 aliphatic rings. The first-order valence-electron chi connectivity index (χ1n) is 7.27. The second kappa shape index (κ2) is 7.98. The van der Waals surface area contributed by atoms with Gasteiger partial charge in [-0.25, -0.2) is 4.98 Å². The van der Waals surface area contributed by atoms with Crippen LogP contribution in [0.3, 0.4) is 0 Å². The van der Waals surface area contributed by atoms with Crippen molar-refractivity contribution in [3.8, 4) is 0 Å². The number of rotatable bonds is 8. The molecule has 122 valence electrons. The van der Waals surface area contributed by atoms with Crippen molar-refractivity contribution in [2.75, 3.05) is 24.5 Å². The summed E-state index contributed by atoms with van der Waals surface area (Å²) in [7, 11) is 0. The Hall–Kier alpha value is -0.820. The normalized spacial score (nSPS) is 12.2. The minimum absolute atomic E-state index is 0.301. The highest BCUT2D eigenvalue weighted by Gasteiger charge is 2.31. The maximum absolute atomic E-state index is 12.6. The van der Waals surface area contributed by atoms with Gasteiger partial charge in [0.05, 0.1) is 5.69 Å². The van der Waals surface area contributed by atoms with Gasteiger partial charge >= 0.3 is 6.18 Å². The van der Waals surface area contributed by atoms with Crippen LogP contribution in [-0.2, 0) is 13.0 Å². The molecular formula is C14H24F3N3S. The molecule has 0 amide bonds. The zero-order valence-electron chi connectivity index (χ0n) is 13.0. The molecule has 0 radical (unpaired) electrons. The van der Waals surface area contributed by atoms with E-state index in [-0.39, 0.29) is 0 Å². The topological polar surface area (TPSA) is 28.2 Å². The molecule has 1 aromatic heterocycles. The van der Waals surface area contributed by atoms with Gasteiger partial charge in [-0.3, -0.25) is 0 Å². The zero-order chi connectivity index (χ0) is 16.0. The third-order valence-electron chi connectivity index (χ3n) is 2.96. The van der Waals surface area contributed by atoms with Crippen LogP contribution < -0.4 is 10.2 Å². The molecular weight excluding hydrogens is 299 g/mol. The molecule has 1 aromatic rings. The summed E-state index contributed by atoms with van der Waals surface area (Å²) in [5.74, 6) is 0.542. The first-order valence-corrected chi connectivity index (χ1v) is 8.09. The van der Waals surface area contributed by atoms with E-state index in [1.165, 1.54) is 16.2 Å². The van der Waals surface area contributed by atoms with Crippen molar-refractivity contribution >= 4 is 16.5 Å². The van der Waals surface area contributed by atoms with Crippen LogP contribution in [0.2, 0.25) is 0 Å². The van der Waals surface area contributed by atoms with Gasteiger partial charge in [-0.15, -0.1) is 11.3 Å². The maximum atomic E-state index is 12.6. The lowest BCUT2D eigenvalue weighted by atomic mass is 10.2. The van der Waals surface area contributed by atoms with Crippen molar-refractivity contribution in [1.29, 1.82) is 0 Å². The number of hydrogen-bond acceptors (Lipinski definition) is 4. The first-order chi connectivity index (χ1) is 9.76. The van der Waals surface area contributed by atoms with Crippen LogP contribution in [0.4, 0.5) is 18.3 Å². The Kier molecular flexibility index (Phi) is 6.93. The van der Waals surface area contributed by atoms with Crippen LogP contribution >= 0.6 is 11.3 Å². The molecule has 0 spiro atoms. The molecule has 21 heavy (non-hydrogen) atoms. The van der Waals surface area contributed by atoms with Gasteiger partial charge in [0.1, 0.15) is 6.54 Å². The van der Waals surface area contributed by atoms with Crippen molar-refractivity contribution in [1.82, 2.24) is 10.3 Å². The van der Waals surface area contributed by atoms with Crippen molar-refractivity contribution < 1.29 is 13.2 Å². The maximum Gasteiger partial charge on any atom is 0.406 e. The Morgan fingerprint density at radius 3 is 2.43 bits per heavy atom. The number of thiazole rings is 1. The Morgan fingerprint density at radius 2 is 1.95 bits per heavy atom. The van der Waals surface area contributed by atoms with Gasteiger partial charge in [0.2, 0.25) is 0 Å². The van der Waals surface area contributed by atoms with Gasteiger partial charge in [-0.1, -0.05) is 20.8 Å². The number of aromatic nitrogens is 1. The number of aryl methyl sites for hydroxylation is 1. The summed E-state index contributed by atoms with van der Waals surface area (Å²) >= 11 is 1.36. The van der Waals surface area contributed by atoms with Gasteiger partial charge in [0.15, 0.2) is 5.13 Å². The highest BCUT2D eigenvalue weighted by Crippen LogP contribution is 2.29. The zero-order valence-corrected chi connectivity index (χ0v) is 13.9. The van der Waals surface area contributed by atoms with E-state index in [1.807, 2.05) is 6.92 Å². The minimum atomic E-state index is -4.20. The van der Waals surface area contributed by atoms with Crippen LogP contribution in [0.25, 0.3) is 0 Å². The smallest absolute Gasteiger partial charge is 0.339 e. The number of nitrogens with zero attached hydrogens (tertiary/aromatic N) is 2. The quantitative estimate of drug-likeness (QED) is 0.788. The number of anilines is 1. The van der Waals surface area contributed by atoms with E-state index in [9.17, 15) is 13.2 Å². The highest BCUT2D eigenvalue weighted by molar-refractivity contribution is 7.15. The summed E-state index contributed by atoms with van der Waals surface area (Å²) in [6, 6.07) is 0. The lowest BCUT2D eigenvalue weighted by molar-refractivity contribution is -0.119. The summed E-state index contributed by atoms with van der Waals surface area (Å²) in [5, 5.41) is 3.79. The molecule has 7 heteroatoms. The molecule has 1 rings (SSSR count). The molecule has 0 aliphatic heterocycles. The summed E-state index contributed by atoms with van der Waals surface area (Å²) in [6.07, 6.45) is -3.47. The van der Waals surface area contributed by atoms with Gasteiger partial charge in [-0.2, -0.15) is 13.2 Å². The van der Waals surface area contributed by atoms with E-state index in [1.54, 1.807) is 6.92 Å². The monoisotopic (exact) mass is 323 g/mol. The number of halogens is 3. The second-order valence-corrected chi connectivity index (χ2v) is 6.44. The molecule has 0 bridgehead atoms. The Bertz CT molecular complexity index is 430. The summed E-state index contributed by atoms with van der Waals surface area (Å²) in [5.41, 5.74) is 0.895. The Labute approximate surface area is 128 Å². The molecule has 3 nitrogen and oxygen atoms in total. The second-order valence-electron chi connectivity index (χ2n) is 5.37. The number of alkyl halides is 3. The summed E-state index contributed by atoms with van der Waals surface area (Å²) in [4.78, 5) is 6.71. The van der Waals surface area contributed by atoms with Crippen molar-refractivity contribution in [2.24, 2.45) is 5.92 Å². The molecule has 0 unspecified atom stereocenters. The standard InChI is InChI=1S/C14H24F3N3S/c1-5-11-12(8-18-7-10(3)4)21-13(19-11)20(6-2)9-14(15,16)17/h10,18H,5-9H2,1-4H3. The third kappa shape index (κ3) is 6.22. The molecule has 0 aromatic carbocycles. The van der Waals surface area contributed by atoms with E-state index in [2.05, 4.69) is 24.1 Å². The SMILES string of the molecule is CCc1nc(N(CC)CC(F)(F)F)sc1CNCC(C)C. The Morgan fingerprint density at radius 1 is 1.29 bits per heavy atom. The van der Waals surface area contributed by atoms with Crippen LogP contribution in [0, 0.1) is 5.92 Å². The molecule has 0 saturated carbocycles. The summed E-state index contributed by atoms with van der Waals surface area (Å²) < 4.78 is 37.7. The van der Waals surface area contributed by atoms with Crippen molar-refractivity contribution in [3.05, 3.63) is 10.6 Å².